The predicted octanol–water partition coefficient (Wildman–Crippen LogP) is 2.70. The maximum atomic E-state index is 12.9. The molecule has 0 saturated heterocycles. The molecule has 6 nitrogen and oxygen atoms in total. The van der Waals surface area contributed by atoms with Crippen molar-refractivity contribution in [3.8, 4) is 11.5 Å². The third-order valence-corrected chi connectivity index (χ3v) is 4.68. The summed E-state index contributed by atoms with van der Waals surface area (Å²) in [6.45, 7) is 3.90. The molecule has 0 bridgehead atoms. The van der Waals surface area contributed by atoms with Crippen molar-refractivity contribution in [2.45, 2.75) is 12.0 Å². The van der Waals surface area contributed by atoms with Crippen LogP contribution in [-0.2, 0) is 10.4 Å². The topological polar surface area (TPSA) is 76.1 Å². The maximum Gasteiger partial charge on any atom is 0.264 e. The minimum atomic E-state index is -1.93. The Morgan fingerprint density at radius 1 is 1.22 bits per heavy atom. The van der Waals surface area contributed by atoms with Crippen LogP contribution in [0.5, 0.6) is 11.5 Å². The number of para-hydroxylation sites is 1. The molecule has 0 aliphatic carbocycles. The second-order valence-corrected chi connectivity index (χ2v) is 6.25. The molecule has 0 aromatic heterocycles. The zero-order valence-electron chi connectivity index (χ0n) is 15.3. The third kappa shape index (κ3) is 3.08. The number of rotatable bonds is 7. The van der Waals surface area contributed by atoms with Gasteiger partial charge < -0.3 is 19.5 Å². The summed E-state index contributed by atoms with van der Waals surface area (Å²) >= 11 is 0. The number of hydrogen-bond acceptors (Lipinski definition) is 5. The molecule has 1 N–H and O–H groups in total. The summed E-state index contributed by atoms with van der Waals surface area (Å²) in [4.78, 5) is 27.3. The number of carbonyl (C=O) groups is 2. The lowest BCUT2D eigenvalue weighted by Gasteiger charge is -2.22. The second-order valence-electron chi connectivity index (χ2n) is 6.25. The lowest BCUT2D eigenvalue weighted by Crippen LogP contribution is -2.42. The number of ether oxygens (including phenoxy) is 2. The SMILES string of the molecule is C=CCN1C(=O)[C@](O)(CC(=O)c2ccc(OC)cc2OC)c2ccccc21. The highest BCUT2D eigenvalue weighted by Gasteiger charge is 2.50. The van der Waals surface area contributed by atoms with Crippen molar-refractivity contribution >= 4 is 17.4 Å². The monoisotopic (exact) mass is 367 g/mol. The van der Waals surface area contributed by atoms with Gasteiger partial charge in [0.15, 0.2) is 11.4 Å². The molecule has 2 aromatic rings. The van der Waals surface area contributed by atoms with Gasteiger partial charge in [0.2, 0.25) is 0 Å². The van der Waals surface area contributed by atoms with Gasteiger partial charge in [0.25, 0.3) is 5.91 Å². The molecule has 0 fully saturated rings. The van der Waals surface area contributed by atoms with Crippen LogP contribution in [0.25, 0.3) is 0 Å². The lowest BCUT2D eigenvalue weighted by molar-refractivity contribution is -0.135. The molecule has 1 amide bonds. The number of amides is 1. The van der Waals surface area contributed by atoms with E-state index in [2.05, 4.69) is 6.58 Å². The number of Topliss-reactive ketones (excluding diaryl/α,β-unsaturated/α-hetero) is 1. The number of fused-ring (bicyclic) bond motifs is 1. The Morgan fingerprint density at radius 3 is 2.63 bits per heavy atom. The second kappa shape index (κ2) is 7.25. The first-order chi connectivity index (χ1) is 13.0. The van der Waals surface area contributed by atoms with Crippen LogP contribution in [0.4, 0.5) is 5.69 Å². The fourth-order valence-corrected chi connectivity index (χ4v) is 3.34. The molecule has 6 heteroatoms. The number of carbonyl (C=O) groups excluding carboxylic acids is 2. The van der Waals surface area contributed by atoms with Crippen LogP contribution in [0.3, 0.4) is 0 Å². The van der Waals surface area contributed by atoms with Gasteiger partial charge >= 0.3 is 0 Å². The Labute approximate surface area is 157 Å². The molecule has 3 rings (SSSR count). The van der Waals surface area contributed by atoms with Crippen LogP contribution < -0.4 is 14.4 Å². The summed E-state index contributed by atoms with van der Waals surface area (Å²) in [5, 5.41) is 11.2. The zero-order valence-corrected chi connectivity index (χ0v) is 15.3. The minimum absolute atomic E-state index is 0.248. The maximum absolute atomic E-state index is 12.9. The van der Waals surface area contributed by atoms with Crippen LogP contribution in [-0.4, -0.2) is 37.6 Å². The molecule has 0 radical (unpaired) electrons. The Hall–Kier alpha value is -3.12. The number of hydrogen-bond donors (Lipinski definition) is 1. The van der Waals surface area contributed by atoms with Gasteiger partial charge in [-0.25, -0.2) is 0 Å². The first-order valence-corrected chi connectivity index (χ1v) is 8.46. The molecule has 1 aliphatic rings. The molecule has 140 valence electrons. The Morgan fingerprint density at radius 2 is 1.96 bits per heavy atom. The standard InChI is InChI=1S/C21H21NO5/c1-4-11-22-17-8-6-5-7-16(17)21(25,20(22)24)13-18(23)15-10-9-14(26-2)12-19(15)27-3/h4-10,12,25H,1,11,13H2,2-3H3/t21-/m0/s1. The lowest BCUT2D eigenvalue weighted by atomic mass is 9.88. The predicted molar refractivity (Wildman–Crippen MR) is 101 cm³/mol. The fourth-order valence-electron chi connectivity index (χ4n) is 3.34. The van der Waals surface area contributed by atoms with Gasteiger partial charge in [0, 0.05) is 18.2 Å². The Balaban J connectivity index is 1.98. The summed E-state index contributed by atoms with van der Waals surface area (Å²) in [5.41, 5.74) is -0.655. The van der Waals surface area contributed by atoms with Crippen molar-refractivity contribution in [1.82, 2.24) is 0 Å². The highest BCUT2D eigenvalue weighted by Crippen LogP contribution is 2.43. The van der Waals surface area contributed by atoms with E-state index in [4.69, 9.17) is 9.47 Å². The summed E-state index contributed by atoms with van der Waals surface area (Å²) in [5.74, 6) is -0.0729. The van der Waals surface area contributed by atoms with Crippen LogP contribution >= 0.6 is 0 Å². The van der Waals surface area contributed by atoms with Crippen molar-refractivity contribution in [3.63, 3.8) is 0 Å². The van der Waals surface area contributed by atoms with Crippen molar-refractivity contribution < 1.29 is 24.2 Å². The average molecular weight is 367 g/mol. The van der Waals surface area contributed by atoms with E-state index >= 15 is 0 Å². The quantitative estimate of drug-likeness (QED) is 0.601. The molecule has 0 spiro atoms. The molecule has 1 aliphatic heterocycles. The Kier molecular flexibility index (Phi) is 5.01. The van der Waals surface area contributed by atoms with Gasteiger partial charge in [-0.05, 0) is 18.2 Å². The molecule has 1 atom stereocenters. The van der Waals surface area contributed by atoms with E-state index in [9.17, 15) is 14.7 Å². The zero-order chi connectivity index (χ0) is 19.6. The number of benzene rings is 2. The fraction of sp³-hybridized carbons (Fsp3) is 0.238. The first kappa shape index (κ1) is 18.7. The van der Waals surface area contributed by atoms with Gasteiger partial charge in [-0.15, -0.1) is 6.58 Å². The van der Waals surface area contributed by atoms with E-state index in [0.717, 1.165) is 0 Å². The van der Waals surface area contributed by atoms with Crippen LogP contribution in [0, 0.1) is 0 Å². The summed E-state index contributed by atoms with van der Waals surface area (Å²) in [7, 11) is 2.96. The van der Waals surface area contributed by atoms with Gasteiger partial charge in [-0.1, -0.05) is 24.3 Å². The normalized spacial score (nSPS) is 18.2. The smallest absolute Gasteiger partial charge is 0.264 e. The van der Waals surface area contributed by atoms with Crippen LogP contribution in [0.2, 0.25) is 0 Å². The first-order valence-electron chi connectivity index (χ1n) is 8.46. The van der Waals surface area contributed by atoms with Crippen molar-refractivity contribution in [2.24, 2.45) is 0 Å². The van der Waals surface area contributed by atoms with E-state index in [1.807, 2.05) is 0 Å². The summed E-state index contributed by atoms with van der Waals surface area (Å²) in [6.07, 6.45) is 1.19. The van der Waals surface area contributed by atoms with Crippen LogP contribution in [0.1, 0.15) is 22.3 Å². The molecular weight excluding hydrogens is 346 g/mol. The van der Waals surface area contributed by atoms with Gasteiger partial charge in [-0.3, -0.25) is 9.59 Å². The highest BCUT2D eigenvalue weighted by molar-refractivity contribution is 6.11. The van der Waals surface area contributed by atoms with Gasteiger partial charge in [0.05, 0.1) is 31.9 Å². The highest BCUT2D eigenvalue weighted by atomic mass is 16.5. The summed E-state index contributed by atoms with van der Waals surface area (Å²) in [6, 6.07) is 11.7. The Bertz CT molecular complexity index is 907. The van der Waals surface area contributed by atoms with Gasteiger partial charge in [0.1, 0.15) is 11.5 Å². The largest absolute Gasteiger partial charge is 0.497 e. The molecule has 27 heavy (non-hydrogen) atoms. The minimum Gasteiger partial charge on any atom is -0.497 e. The molecule has 2 aromatic carbocycles. The third-order valence-electron chi connectivity index (χ3n) is 4.68. The molecule has 0 saturated carbocycles. The average Bonchev–Trinajstić information content (AvgIpc) is 2.89. The number of ketones is 1. The van der Waals surface area contributed by atoms with Gasteiger partial charge in [-0.2, -0.15) is 0 Å². The number of anilines is 1. The van der Waals surface area contributed by atoms with Crippen LogP contribution in [0.15, 0.2) is 55.1 Å². The van der Waals surface area contributed by atoms with E-state index in [-0.39, 0.29) is 18.5 Å². The van der Waals surface area contributed by atoms with Crippen molar-refractivity contribution in [1.29, 1.82) is 0 Å². The van der Waals surface area contributed by atoms with E-state index in [0.29, 0.717) is 22.7 Å². The van der Waals surface area contributed by atoms with E-state index < -0.39 is 17.3 Å². The van der Waals surface area contributed by atoms with E-state index in [1.165, 1.54) is 19.1 Å². The summed E-state index contributed by atoms with van der Waals surface area (Å²) < 4.78 is 10.4. The number of methoxy groups -OCH3 is 2. The molecule has 0 unspecified atom stereocenters. The van der Waals surface area contributed by atoms with E-state index in [1.54, 1.807) is 48.5 Å². The number of aliphatic hydroxyl groups is 1. The van der Waals surface area contributed by atoms with Crippen molar-refractivity contribution in [2.75, 3.05) is 25.7 Å². The molecular formula is C21H21NO5. The van der Waals surface area contributed by atoms with Crippen molar-refractivity contribution in [3.05, 3.63) is 66.2 Å². The molecule has 1 heterocycles. The number of nitrogens with zero attached hydrogens (tertiary/aromatic N) is 1.